The van der Waals surface area contributed by atoms with Crippen LogP contribution in [-0.4, -0.2) is 22.9 Å². The van der Waals surface area contributed by atoms with Gasteiger partial charge in [-0.25, -0.2) is 0 Å². The molecule has 1 atom stereocenters. The van der Waals surface area contributed by atoms with Gasteiger partial charge in [0.05, 0.1) is 5.41 Å². The maximum atomic E-state index is 12.3. The van der Waals surface area contributed by atoms with Gasteiger partial charge >= 0.3 is 5.97 Å². The molecule has 0 bridgehead atoms. The summed E-state index contributed by atoms with van der Waals surface area (Å²) in [6, 6.07) is 14.7. The zero-order chi connectivity index (χ0) is 17.7. The van der Waals surface area contributed by atoms with E-state index in [-0.39, 0.29) is 12.0 Å². The number of amides is 2. The molecular formula is C18H18N2O4. The Bertz CT molecular complexity index is 774. The average Bonchev–Trinajstić information content (AvgIpc) is 2.55. The smallest absolute Gasteiger partial charge is 0.314 e. The predicted octanol–water partition coefficient (Wildman–Crippen LogP) is 2.16. The number of nitrogens with two attached hydrogens (primary N) is 1. The highest BCUT2D eigenvalue weighted by Crippen LogP contribution is 2.28. The van der Waals surface area contributed by atoms with Crippen molar-refractivity contribution in [3.05, 3.63) is 65.7 Å². The van der Waals surface area contributed by atoms with Crippen molar-refractivity contribution < 1.29 is 19.5 Å². The second-order valence-electron chi connectivity index (χ2n) is 5.67. The Morgan fingerprint density at radius 1 is 1.08 bits per heavy atom. The van der Waals surface area contributed by atoms with Crippen molar-refractivity contribution in [2.24, 2.45) is 5.73 Å². The molecule has 6 heteroatoms. The third-order valence-corrected chi connectivity index (χ3v) is 3.83. The number of aliphatic carboxylic acids is 1. The summed E-state index contributed by atoms with van der Waals surface area (Å²) in [5, 5.41) is 12.2. The second-order valence-corrected chi connectivity index (χ2v) is 5.67. The number of anilines is 1. The van der Waals surface area contributed by atoms with E-state index in [1.165, 1.54) is 19.1 Å². The molecule has 0 saturated carbocycles. The minimum absolute atomic E-state index is 0.243. The number of carbonyl (C=O) groups excluding carboxylic acids is 2. The number of hydrogen-bond donors (Lipinski definition) is 3. The van der Waals surface area contributed by atoms with Gasteiger partial charge in [0.1, 0.15) is 0 Å². The van der Waals surface area contributed by atoms with Crippen LogP contribution in [0.25, 0.3) is 0 Å². The molecule has 2 rings (SSSR count). The van der Waals surface area contributed by atoms with Gasteiger partial charge in [0.25, 0.3) is 0 Å². The molecule has 6 nitrogen and oxygen atoms in total. The van der Waals surface area contributed by atoms with Crippen LogP contribution < -0.4 is 11.1 Å². The lowest BCUT2D eigenvalue weighted by Gasteiger charge is -2.24. The number of hydrogen-bond acceptors (Lipinski definition) is 3. The van der Waals surface area contributed by atoms with Crippen LogP contribution in [0.3, 0.4) is 0 Å². The Kier molecular flexibility index (Phi) is 4.99. The maximum absolute atomic E-state index is 12.3. The zero-order valence-corrected chi connectivity index (χ0v) is 13.2. The fourth-order valence-corrected chi connectivity index (χ4v) is 2.38. The number of benzene rings is 2. The molecule has 0 aliphatic rings. The molecule has 0 saturated heterocycles. The molecule has 0 aliphatic heterocycles. The van der Waals surface area contributed by atoms with Crippen LogP contribution in [0.4, 0.5) is 5.69 Å². The molecule has 24 heavy (non-hydrogen) atoms. The van der Waals surface area contributed by atoms with E-state index in [0.717, 1.165) is 0 Å². The van der Waals surface area contributed by atoms with Crippen molar-refractivity contribution in [2.45, 2.75) is 18.8 Å². The van der Waals surface area contributed by atoms with Crippen LogP contribution >= 0.6 is 0 Å². The van der Waals surface area contributed by atoms with Gasteiger partial charge in [0.15, 0.2) is 0 Å². The van der Waals surface area contributed by atoms with Gasteiger partial charge in [-0.15, -0.1) is 0 Å². The number of carbonyl (C=O) groups is 3. The summed E-state index contributed by atoms with van der Waals surface area (Å²) in [5.74, 6) is -2.16. The van der Waals surface area contributed by atoms with Crippen LogP contribution in [0.1, 0.15) is 29.3 Å². The molecule has 2 aromatic rings. The first-order chi connectivity index (χ1) is 11.3. The van der Waals surface area contributed by atoms with E-state index in [0.29, 0.717) is 11.3 Å². The summed E-state index contributed by atoms with van der Waals surface area (Å²) in [6.07, 6.45) is -0.243. The molecule has 0 unspecified atom stereocenters. The molecule has 4 N–H and O–H groups in total. The van der Waals surface area contributed by atoms with Gasteiger partial charge < -0.3 is 16.2 Å². The summed E-state index contributed by atoms with van der Waals surface area (Å²) < 4.78 is 0. The van der Waals surface area contributed by atoms with Crippen LogP contribution in [0.2, 0.25) is 0 Å². The van der Waals surface area contributed by atoms with Gasteiger partial charge in [-0.2, -0.15) is 0 Å². The molecule has 0 spiro atoms. The largest absolute Gasteiger partial charge is 0.481 e. The van der Waals surface area contributed by atoms with E-state index >= 15 is 0 Å². The van der Waals surface area contributed by atoms with Crippen molar-refractivity contribution in [2.75, 3.05) is 5.32 Å². The summed E-state index contributed by atoms with van der Waals surface area (Å²) in [6.45, 7) is 1.50. The monoisotopic (exact) mass is 326 g/mol. The zero-order valence-electron chi connectivity index (χ0n) is 13.2. The third-order valence-electron chi connectivity index (χ3n) is 3.83. The Labute approximate surface area is 139 Å². The fraction of sp³-hybridized carbons (Fsp3) is 0.167. The van der Waals surface area contributed by atoms with E-state index in [9.17, 15) is 19.5 Å². The highest BCUT2D eigenvalue weighted by atomic mass is 16.4. The number of rotatable bonds is 6. The van der Waals surface area contributed by atoms with E-state index in [4.69, 9.17) is 5.73 Å². The van der Waals surface area contributed by atoms with E-state index < -0.39 is 23.2 Å². The van der Waals surface area contributed by atoms with E-state index in [1.54, 1.807) is 42.5 Å². The molecule has 0 radical (unpaired) electrons. The van der Waals surface area contributed by atoms with Crippen LogP contribution in [0.5, 0.6) is 0 Å². The van der Waals surface area contributed by atoms with Gasteiger partial charge in [0, 0.05) is 17.7 Å². The Balaban J connectivity index is 2.19. The molecule has 2 amide bonds. The van der Waals surface area contributed by atoms with Crippen molar-refractivity contribution >= 4 is 23.5 Å². The number of carboxylic acid groups (broad SMARTS) is 1. The Hall–Kier alpha value is -3.15. The van der Waals surface area contributed by atoms with Gasteiger partial charge in [-0.3, -0.25) is 14.4 Å². The molecule has 0 fully saturated rings. The van der Waals surface area contributed by atoms with Crippen molar-refractivity contribution in [1.29, 1.82) is 0 Å². The van der Waals surface area contributed by atoms with Crippen LogP contribution in [0, 0.1) is 0 Å². The normalized spacial score (nSPS) is 12.9. The van der Waals surface area contributed by atoms with Gasteiger partial charge in [0.2, 0.25) is 11.8 Å². The Morgan fingerprint density at radius 3 is 2.33 bits per heavy atom. The molecule has 0 aliphatic carbocycles. The lowest BCUT2D eigenvalue weighted by atomic mass is 9.79. The van der Waals surface area contributed by atoms with Gasteiger partial charge in [-0.1, -0.05) is 36.4 Å². The minimum atomic E-state index is -1.35. The second kappa shape index (κ2) is 6.95. The first-order valence-corrected chi connectivity index (χ1v) is 7.31. The molecule has 2 aromatic carbocycles. The predicted molar refractivity (Wildman–Crippen MR) is 89.6 cm³/mol. The quantitative estimate of drug-likeness (QED) is 0.755. The molecule has 124 valence electrons. The molecule has 0 heterocycles. The third kappa shape index (κ3) is 3.78. The molecular weight excluding hydrogens is 308 g/mol. The van der Waals surface area contributed by atoms with Gasteiger partial charge in [-0.05, 0) is 30.7 Å². The van der Waals surface area contributed by atoms with E-state index in [1.807, 2.05) is 0 Å². The number of nitrogens with one attached hydrogen (secondary N) is 1. The maximum Gasteiger partial charge on any atom is 0.314 e. The lowest BCUT2D eigenvalue weighted by molar-refractivity contribution is -0.145. The number of primary amides is 1. The first-order valence-electron chi connectivity index (χ1n) is 7.31. The summed E-state index contributed by atoms with van der Waals surface area (Å²) in [4.78, 5) is 35.2. The summed E-state index contributed by atoms with van der Waals surface area (Å²) in [7, 11) is 0. The highest BCUT2D eigenvalue weighted by molar-refractivity contribution is 5.98. The molecule has 0 aromatic heterocycles. The SMILES string of the molecule is C[C@](CC(=O)Nc1cccc(C(N)=O)c1)(C(=O)O)c1ccccc1. The van der Waals surface area contributed by atoms with Crippen molar-refractivity contribution in [3.63, 3.8) is 0 Å². The van der Waals surface area contributed by atoms with Crippen molar-refractivity contribution in [3.8, 4) is 0 Å². The fourth-order valence-electron chi connectivity index (χ4n) is 2.38. The standard InChI is InChI=1S/C18H18N2O4/c1-18(17(23)24,13-7-3-2-4-8-13)11-15(21)20-14-9-5-6-12(10-14)16(19)22/h2-10H,11H2,1H3,(H2,19,22)(H,20,21)(H,23,24)/t18-/m1/s1. The van der Waals surface area contributed by atoms with Crippen LogP contribution in [0.15, 0.2) is 54.6 Å². The topological polar surface area (TPSA) is 109 Å². The van der Waals surface area contributed by atoms with E-state index in [2.05, 4.69) is 5.32 Å². The van der Waals surface area contributed by atoms with Crippen molar-refractivity contribution in [1.82, 2.24) is 0 Å². The summed E-state index contributed by atoms with van der Waals surface area (Å²) >= 11 is 0. The lowest BCUT2D eigenvalue weighted by Crippen LogP contribution is -2.36. The average molecular weight is 326 g/mol. The first kappa shape index (κ1) is 17.2. The van der Waals surface area contributed by atoms with Crippen LogP contribution in [-0.2, 0) is 15.0 Å². The highest BCUT2D eigenvalue weighted by Gasteiger charge is 2.37. The number of carboxylic acids is 1. The Morgan fingerprint density at radius 2 is 1.75 bits per heavy atom. The minimum Gasteiger partial charge on any atom is -0.481 e. The summed E-state index contributed by atoms with van der Waals surface area (Å²) in [5.41, 5.74) is 5.03.